The minimum Gasteiger partial charge on any atom is -0.381 e. The normalized spacial score (nSPS) is 10.8. The van der Waals surface area contributed by atoms with Gasteiger partial charge in [-0.05, 0) is 26.0 Å². The van der Waals surface area contributed by atoms with Gasteiger partial charge in [0.15, 0.2) is 17.2 Å². The summed E-state index contributed by atoms with van der Waals surface area (Å²) in [5, 5.41) is 30.8. The van der Waals surface area contributed by atoms with Gasteiger partial charge >= 0.3 is 0 Å². The summed E-state index contributed by atoms with van der Waals surface area (Å²) in [6, 6.07) is 9.50. The van der Waals surface area contributed by atoms with Crippen LogP contribution in [0.2, 0.25) is 0 Å². The fourth-order valence-electron chi connectivity index (χ4n) is 2.83. The molecule has 0 atom stereocenters. The van der Waals surface area contributed by atoms with Crippen molar-refractivity contribution in [2.24, 2.45) is 0 Å². The lowest BCUT2D eigenvalue weighted by atomic mass is 10.2. The number of hydrogen-bond donors (Lipinski definition) is 1. The van der Waals surface area contributed by atoms with Crippen LogP contribution < -0.4 is 5.32 Å². The second-order valence-corrected chi connectivity index (χ2v) is 6.42. The molecule has 0 radical (unpaired) electrons. The molecule has 4 aromatic heterocycles. The molecule has 28 heavy (non-hydrogen) atoms. The highest BCUT2D eigenvalue weighted by atomic mass is 15.3. The van der Waals surface area contributed by atoms with E-state index in [9.17, 15) is 0 Å². The molecule has 1 N–H and O–H groups in total. The van der Waals surface area contributed by atoms with E-state index < -0.39 is 0 Å². The summed E-state index contributed by atoms with van der Waals surface area (Å²) in [5.41, 5.74) is 2.93. The van der Waals surface area contributed by atoms with Gasteiger partial charge in [0.05, 0.1) is 23.6 Å². The molecule has 4 rings (SSSR count). The molecule has 0 bridgehead atoms. The summed E-state index contributed by atoms with van der Waals surface area (Å²) >= 11 is 0. The third-order valence-electron chi connectivity index (χ3n) is 4.02. The van der Waals surface area contributed by atoms with Crippen molar-refractivity contribution in [2.45, 2.75) is 19.9 Å². The van der Waals surface area contributed by atoms with Crippen molar-refractivity contribution >= 4 is 16.7 Å². The predicted octanol–water partition coefficient (Wildman–Crippen LogP) is 2.56. The summed E-state index contributed by atoms with van der Waals surface area (Å²) in [7, 11) is 0. The van der Waals surface area contributed by atoms with Crippen LogP contribution >= 0.6 is 0 Å². The minimum atomic E-state index is 0.172. The van der Waals surface area contributed by atoms with E-state index in [1.165, 1.54) is 6.20 Å². The molecule has 4 aromatic rings. The van der Waals surface area contributed by atoms with Gasteiger partial charge in [0.1, 0.15) is 17.8 Å². The van der Waals surface area contributed by atoms with Crippen molar-refractivity contribution in [3.05, 3.63) is 54.2 Å². The van der Waals surface area contributed by atoms with Gasteiger partial charge < -0.3 is 5.32 Å². The molecule has 0 aliphatic heterocycles. The standard InChI is InChI=1S/C19H15N9/c1-12(2)25-16-6-18(22-11-17(16)27-4-3-15(8-21)26-27)28-19-14(10-24-28)5-13(7-20)9-23-19/h3-6,9-12H,1-2H3,(H,22,25). The third kappa shape index (κ3) is 3.02. The molecule has 0 unspecified atom stereocenters. The fraction of sp³-hybridized carbons (Fsp3) is 0.158. The Morgan fingerprint density at radius 2 is 1.93 bits per heavy atom. The van der Waals surface area contributed by atoms with Gasteiger partial charge in [-0.2, -0.15) is 25.4 Å². The number of pyridine rings is 2. The van der Waals surface area contributed by atoms with Gasteiger partial charge in [0, 0.05) is 29.9 Å². The van der Waals surface area contributed by atoms with Crippen molar-refractivity contribution in [3.63, 3.8) is 0 Å². The first-order chi connectivity index (χ1) is 13.6. The van der Waals surface area contributed by atoms with E-state index in [4.69, 9.17) is 10.5 Å². The Hall–Kier alpha value is -4.24. The van der Waals surface area contributed by atoms with Crippen LogP contribution in [0.3, 0.4) is 0 Å². The smallest absolute Gasteiger partial charge is 0.164 e. The van der Waals surface area contributed by atoms with Crippen LogP contribution in [0.25, 0.3) is 22.5 Å². The monoisotopic (exact) mass is 369 g/mol. The van der Waals surface area contributed by atoms with Crippen LogP contribution in [0.15, 0.2) is 43.0 Å². The predicted molar refractivity (Wildman–Crippen MR) is 102 cm³/mol. The molecule has 0 saturated heterocycles. The van der Waals surface area contributed by atoms with E-state index in [1.807, 2.05) is 26.0 Å². The highest BCUT2D eigenvalue weighted by Crippen LogP contribution is 2.24. The van der Waals surface area contributed by atoms with Crippen molar-refractivity contribution in [2.75, 3.05) is 5.32 Å². The Morgan fingerprint density at radius 3 is 2.64 bits per heavy atom. The van der Waals surface area contributed by atoms with Crippen LogP contribution in [0, 0.1) is 22.7 Å². The molecule has 4 heterocycles. The van der Waals surface area contributed by atoms with Crippen LogP contribution in [0.5, 0.6) is 0 Å². The average Bonchev–Trinajstić information content (AvgIpc) is 3.33. The third-order valence-corrected chi connectivity index (χ3v) is 4.02. The SMILES string of the molecule is CC(C)Nc1cc(-n2ncc3cc(C#N)cnc32)ncc1-n1ccc(C#N)n1. The zero-order chi connectivity index (χ0) is 19.7. The Balaban J connectivity index is 1.83. The van der Waals surface area contributed by atoms with Crippen LogP contribution in [0.4, 0.5) is 5.69 Å². The summed E-state index contributed by atoms with van der Waals surface area (Å²) in [6.45, 7) is 4.06. The number of nitriles is 2. The first-order valence-electron chi connectivity index (χ1n) is 8.56. The highest BCUT2D eigenvalue weighted by Gasteiger charge is 2.14. The maximum atomic E-state index is 9.03. The number of aromatic nitrogens is 6. The molecule has 136 valence electrons. The molecule has 9 nitrogen and oxygen atoms in total. The number of anilines is 1. The van der Waals surface area contributed by atoms with E-state index >= 15 is 0 Å². The van der Waals surface area contributed by atoms with E-state index in [1.54, 1.807) is 40.1 Å². The van der Waals surface area contributed by atoms with Crippen molar-refractivity contribution in [3.8, 4) is 23.6 Å². The van der Waals surface area contributed by atoms with Crippen LogP contribution in [-0.2, 0) is 0 Å². The first-order valence-corrected chi connectivity index (χ1v) is 8.56. The molecular formula is C19H15N9. The van der Waals surface area contributed by atoms with Crippen LogP contribution in [-0.4, -0.2) is 35.6 Å². The average molecular weight is 369 g/mol. The molecule has 0 spiro atoms. The molecule has 0 amide bonds. The number of nitrogens with zero attached hydrogens (tertiary/aromatic N) is 8. The van der Waals surface area contributed by atoms with Crippen molar-refractivity contribution < 1.29 is 0 Å². The zero-order valence-electron chi connectivity index (χ0n) is 15.2. The summed E-state index contributed by atoms with van der Waals surface area (Å²) in [4.78, 5) is 8.84. The van der Waals surface area contributed by atoms with Crippen molar-refractivity contribution in [1.82, 2.24) is 29.5 Å². The number of nitrogens with one attached hydrogen (secondary N) is 1. The maximum Gasteiger partial charge on any atom is 0.164 e. The summed E-state index contributed by atoms with van der Waals surface area (Å²) in [6.07, 6.45) is 6.55. The zero-order valence-corrected chi connectivity index (χ0v) is 15.2. The molecule has 0 fully saturated rings. The van der Waals surface area contributed by atoms with Gasteiger partial charge in [0.2, 0.25) is 0 Å². The van der Waals surface area contributed by atoms with E-state index in [0.717, 1.165) is 16.8 Å². The number of hydrogen-bond acceptors (Lipinski definition) is 7. The Labute approximate surface area is 160 Å². The van der Waals surface area contributed by atoms with Gasteiger partial charge in [-0.3, -0.25) is 0 Å². The Morgan fingerprint density at radius 1 is 1.07 bits per heavy atom. The van der Waals surface area contributed by atoms with Gasteiger partial charge in [-0.25, -0.2) is 14.6 Å². The van der Waals surface area contributed by atoms with E-state index in [2.05, 4.69) is 31.6 Å². The summed E-state index contributed by atoms with van der Waals surface area (Å²) < 4.78 is 3.23. The molecule has 0 aliphatic carbocycles. The lowest BCUT2D eigenvalue weighted by Gasteiger charge is -2.15. The molecule has 9 heteroatoms. The van der Waals surface area contributed by atoms with E-state index in [0.29, 0.717) is 22.7 Å². The van der Waals surface area contributed by atoms with Gasteiger partial charge in [0.25, 0.3) is 0 Å². The van der Waals surface area contributed by atoms with Gasteiger partial charge in [-0.15, -0.1) is 0 Å². The van der Waals surface area contributed by atoms with Gasteiger partial charge in [-0.1, -0.05) is 0 Å². The molecule has 0 aromatic carbocycles. The summed E-state index contributed by atoms with van der Waals surface area (Å²) in [5.74, 6) is 0.576. The number of rotatable bonds is 4. The molecule has 0 saturated carbocycles. The lowest BCUT2D eigenvalue weighted by Crippen LogP contribution is -2.14. The maximum absolute atomic E-state index is 9.03. The first kappa shape index (κ1) is 17.2. The Kier molecular flexibility index (Phi) is 4.18. The fourth-order valence-corrected chi connectivity index (χ4v) is 2.83. The topological polar surface area (TPSA) is 121 Å². The second kappa shape index (κ2) is 6.82. The second-order valence-electron chi connectivity index (χ2n) is 6.42. The Bertz CT molecular complexity index is 1250. The molecule has 0 aliphatic rings. The highest BCUT2D eigenvalue weighted by molar-refractivity contribution is 5.77. The van der Waals surface area contributed by atoms with E-state index in [-0.39, 0.29) is 6.04 Å². The van der Waals surface area contributed by atoms with Crippen LogP contribution in [0.1, 0.15) is 25.1 Å². The minimum absolute atomic E-state index is 0.172. The lowest BCUT2D eigenvalue weighted by molar-refractivity contribution is 0.829. The largest absolute Gasteiger partial charge is 0.381 e. The molecular weight excluding hydrogens is 354 g/mol. The van der Waals surface area contributed by atoms with Crippen molar-refractivity contribution in [1.29, 1.82) is 10.5 Å². The number of fused-ring (bicyclic) bond motifs is 1. The quantitative estimate of drug-likeness (QED) is 0.587.